The summed E-state index contributed by atoms with van der Waals surface area (Å²) in [4.78, 5) is 12.6. The molecule has 4 atom stereocenters. The molecule has 6 N–H and O–H groups in total. The van der Waals surface area contributed by atoms with Gasteiger partial charge in [-0.1, -0.05) is 13.8 Å². The van der Waals surface area contributed by atoms with Crippen LogP contribution in [0.2, 0.25) is 0 Å². The maximum Gasteiger partial charge on any atom is 0.247 e. The summed E-state index contributed by atoms with van der Waals surface area (Å²) in [5, 5.41) is 33.6. The Bertz CT molecular complexity index is 807. The van der Waals surface area contributed by atoms with E-state index in [-0.39, 0.29) is 11.8 Å². The number of hydrogen-bond donors (Lipinski definition) is 5. The van der Waals surface area contributed by atoms with Crippen LogP contribution in [0.25, 0.3) is 11.2 Å². The van der Waals surface area contributed by atoms with E-state index in [1.54, 1.807) is 6.21 Å². The average Bonchev–Trinajstić information content (AvgIpc) is 3.21. The predicted octanol–water partition coefficient (Wildman–Crippen LogP) is -0.146. The number of aliphatic hydroxyl groups is 3. The number of fused-ring (bicyclic) bond motifs is 1. The second-order valence-electron chi connectivity index (χ2n) is 6.45. The van der Waals surface area contributed by atoms with Crippen LogP contribution >= 0.6 is 0 Å². The lowest BCUT2D eigenvalue weighted by Crippen LogP contribution is -2.33. The molecule has 0 unspecified atom stereocenters. The topological polar surface area (TPSA) is 164 Å². The molecule has 0 aliphatic carbocycles. The van der Waals surface area contributed by atoms with Crippen LogP contribution in [0.5, 0.6) is 0 Å². The van der Waals surface area contributed by atoms with Crippen molar-refractivity contribution in [1.82, 2.24) is 19.5 Å². The average molecular weight is 379 g/mol. The molecule has 2 aromatic heterocycles. The van der Waals surface area contributed by atoms with Crippen LogP contribution in [-0.2, 0) is 4.74 Å². The van der Waals surface area contributed by atoms with Crippen molar-refractivity contribution >= 4 is 29.1 Å². The molecule has 0 aromatic carbocycles. The summed E-state index contributed by atoms with van der Waals surface area (Å²) < 4.78 is 6.98. The summed E-state index contributed by atoms with van der Waals surface area (Å²) in [5.74, 6) is 0.671. The van der Waals surface area contributed by atoms with Gasteiger partial charge in [0.2, 0.25) is 5.95 Å². The maximum atomic E-state index is 10.2. The first kappa shape index (κ1) is 19.4. The lowest BCUT2D eigenvalue weighted by molar-refractivity contribution is -0.0511. The van der Waals surface area contributed by atoms with Crippen molar-refractivity contribution in [2.75, 3.05) is 17.8 Å². The lowest BCUT2D eigenvalue weighted by Gasteiger charge is -2.16. The minimum atomic E-state index is -1.25. The first-order valence-corrected chi connectivity index (χ1v) is 8.91. The first-order chi connectivity index (χ1) is 13.0. The van der Waals surface area contributed by atoms with Gasteiger partial charge in [-0.3, -0.25) is 4.57 Å². The highest BCUT2D eigenvalue weighted by Gasteiger charge is 2.44. The number of rotatable bonds is 7. The highest BCUT2D eigenvalue weighted by Crippen LogP contribution is 2.32. The molecule has 1 saturated heterocycles. The molecule has 2 aromatic rings. The Kier molecular flexibility index (Phi) is 5.85. The Morgan fingerprint density at radius 3 is 2.70 bits per heavy atom. The Morgan fingerprint density at radius 2 is 2.07 bits per heavy atom. The summed E-state index contributed by atoms with van der Waals surface area (Å²) in [5.41, 5.74) is 9.37. The molecule has 3 rings (SSSR count). The number of hydrazone groups is 1. The number of nitrogens with two attached hydrogens (primary N) is 1. The molecule has 1 fully saturated rings. The van der Waals surface area contributed by atoms with Gasteiger partial charge in [-0.15, -0.1) is 0 Å². The molecule has 0 spiro atoms. The van der Waals surface area contributed by atoms with E-state index < -0.39 is 31.1 Å². The second-order valence-corrected chi connectivity index (χ2v) is 6.45. The summed E-state index contributed by atoms with van der Waals surface area (Å²) in [6, 6.07) is 0. The third-order valence-corrected chi connectivity index (χ3v) is 4.74. The third kappa shape index (κ3) is 3.72. The maximum absolute atomic E-state index is 10.2. The molecule has 0 bridgehead atoms. The van der Waals surface area contributed by atoms with E-state index in [9.17, 15) is 15.3 Å². The van der Waals surface area contributed by atoms with Gasteiger partial charge in [-0.2, -0.15) is 15.1 Å². The molecular weight excluding hydrogens is 354 g/mol. The van der Waals surface area contributed by atoms with Gasteiger partial charge in [0, 0.05) is 6.21 Å². The van der Waals surface area contributed by atoms with Gasteiger partial charge in [0.05, 0.1) is 12.9 Å². The number of hydrogen-bond acceptors (Lipinski definition) is 10. The highest BCUT2D eigenvalue weighted by atomic mass is 16.6. The van der Waals surface area contributed by atoms with Gasteiger partial charge < -0.3 is 25.8 Å². The SMILES string of the molecule is CCC(/C=N/Nc1nc(N)c2ncn([C@@H]3O[C@H](CO)[C@@H](O)[C@H]3O)c2n1)CC. The zero-order chi connectivity index (χ0) is 19.6. The number of nitrogens with one attached hydrogen (secondary N) is 1. The molecule has 1 aliphatic rings. The smallest absolute Gasteiger partial charge is 0.247 e. The fourth-order valence-electron chi connectivity index (χ4n) is 2.98. The quantitative estimate of drug-likeness (QED) is 0.325. The van der Waals surface area contributed by atoms with E-state index in [2.05, 4.69) is 39.3 Å². The third-order valence-electron chi connectivity index (χ3n) is 4.74. The second kappa shape index (κ2) is 8.13. The van der Waals surface area contributed by atoms with Crippen LogP contribution in [0.15, 0.2) is 11.4 Å². The minimum absolute atomic E-state index is 0.144. The number of nitrogens with zero attached hydrogens (tertiary/aromatic N) is 5. The molecule has 11 nitrogen and oxygen atoms in total. The summed E-state index contributed by atoms with van der Waals surface area (Å²) in [6.07, 6.45) is 0.809. The fourth-order valence-corrected chi connectivity index (χ4v) is 2.98. The van der Waals surface area contributed by atoms with Crippen molar-refractivity contribution in [3.8, 4) is 0 Å². The Morgan fingerprint density at radius 1 is 1.33 bits per heavy atom. The van der Waals surface area contributed by atoms with E-state index in [0.29, 0.717) is 17.1 Å². The molecule has 1 aliphatic heterocycles. The van der Waals surface area contributed by atoms with Crippen LogP contribution in [0.4, 0.5) is 11.8 Å². The zero-order valence-corrected chi connectivity index (χ0v) is 15.2. The van der Waals surface area contributed by atoms with E-state index in [1.807, 2.05) is 0 Å². The van der Waals surface area contributed by atoms with Crippen LogP contribution in [0, 0.1) is 5.92 Å². The van der Waals surface area contributed by atoms with Crippen LogP contribution in [0.1, 0.15) is 32.9 Å². The van der Waals surface area contributed by atoms with Gasteiger partial charge in [0.1, 0.15) is 23.8 Å². The van der Waals surface area contributed by atoms with Gasteiger partial charge in [0.15, 0.2) is 17.7 Å². The number of nitrogen functional groups attached to an aromatic ring is 1. The van der Waals surface area contributed by atoms with Crippen LogP contribution in [-0.4, -0.2) is 66.0 Å². The number of imidazole rings is 1. The standard InChI is InChI=1S/C16H25N7O4/c1-3-8(4-2)5-19-22-16-20-13(17)10-14(21-16)23(7-18-10)15-12(26)11(25)9(6-24)27-15/h5,7-9,11-12,15,24-26H,3-4,6H2,1-2H3,(H3,17,20,21,22)/b19-5+/t9-,11-,12-,15-/m1/s1. The predicted molar refractivity (Wildman–Crippen MR) is 98.9 cm³/mol. The van der Waals surface area contributed by atoms with Crippen LogP contribution < -0.4 is 11.2 Å². The minimum Gasteiger partial charge on any atom is -0.394 e. The van der Waals surface area contributed by atoms with E-state index in [0.717, 1.165) is 12.8 Å². The number of ether oxygens (including phenoxy) is 1. The van der Waals surface area contributed by atoms with Crippen molar-refractivity contribution in [3.05, 3.63) is 6.33 Å². The normalized spacial score (nSPS) is 25.9. The number of aromatic nitrogens is 4. The van der Waals surface area contributed by atoms with Crippen molar-refractivity contribution in [3.63, 3.8) is 0 Å². The van der Waals surface area contributed by atoms with E-state index in [1.165, 1.54) is 10.9 Å². The van der Waals surface area contributed by atoms with Gasteiger partial charge in [-0.05, 0) is 18.8 Å². The summed E-state index contributed by atoms with van der Waals surface area (Å²) >= 11 is 0. The van der Waals surface area contributed by atoms with Gasteiger partial charge >= 0.3 is 0 Å². The van der Waals surface area contributed by atoms with Crippen molar-refractivity contribution in [2.45, 2.75) is 51.2 Å². The fraction of sp³-hybridized carbons (Fsp3) is 0.625. The molecule has 3 heterocycles. The molecule has 0 radical (unpaired) electrons. The molecule has 0 amide bonds. The van der Waals surface area contributed by atoms with Crippen molar-refractivity contribution in [2.24, 2.45) is 11.0 Å². The van der Waals surface area contributed by atoms with Gasteiger partial charge in [0.25, 0.3) is 0 Å². The van der Waals surface area contributed by atoms with Gasteiger partial charge in [-0.25, -0.2) is 10.4 Å². The zero-order valence-electron chi connectivity index (χ0n) is 15.2. The Balaban J connectivity index is 1.89. The van der Waals surface area contributed by atoms with E-state index >= 15 is 0 Å². The Labute approximate surface area is 155 Å². The highest BCUT2D eigenvalue weighted by molar-refractivity contribution is 5.83. The Hall–Kier alpha value is -2.34. The monoisotopic (exact) mass is 379 g/mol. The lowest BCUT2D eigenvalue weighted by atomic mass is 10.1. The molecule has 27 heavy (non-hydrogen) atoms. The summed E-state index contributed by atoms with van der Waals surface area (Å²) in [6.45, 7) is 3.75. The molecule has 0 saturated carbocycles. The molecule has 11 heteroatoms. The molecular formula is C16H25N7O4. The first-order valence-electron chi connectivity index (χ1n) is 8.91. The van der Waals surface area contributed by atoms with E-state index in [4.69, 9.17) is 10.5 Å². The summed E-state index contributed by atoms with van der Waals surface area (Å²) in [7, 11) is 0. The van der Waals surface area contributed by atoms with Crippen molar-refractivity contribution < 1.29 is 20.1 Å². The number of aliphatic hydroxyl groups excluding tert-OH is 3. The number of anilines is 2. The largest absolute Gasteiger partial charge is 0.394 e. The van der Waals surface area contributed by atoms with Crippen LogP contribution in [0.3, 0.4) is 0 Å². The van der Waals surface area contributed by atoms with Crippen molar-refractivity contribution in [1.29, 1.82) is 0 Å². The molecule has 148 valence electrons.